The third kappa shape index (κ3) is 3.61. The summed E-state index contributed by atoms with van der Waals surface area (Å²) in [5.41, 5.74) is 0. The largest absolute Gasteiger partial charge is 0.481 e. The molecule has 20 heavy (non-hydrogen) atoms. The van der Waals surface area contributed by atoms with E-state index in [1.165, 1.54) is 0 Å². The highest BCUT2D eigenvalue weighted by Gasteiger charge is 2.38. The summed E-state index contributed by atoms with van der Waals surface area (Å²) in [6.07, 6.45) is 4.41. The Bertz CT molecular complexity index is 399. The summed E-state index contributed by atoms with van der Waals surface area (Å²) in [5, 5.41) is 14.2. The zero-order valence-corrected chi connectivity index (χ0v) is 11.4. The van der Waals surface area contributed by atoms with Crippen molar-refractivity contribution < 1.29 is 19.5 Å². The number of rotatable bonds is 4. The van der Waals surface area contributed by atoms with Gasteiger partial charge >= 0.3 is 12.0 Å². The second-order valence-electron chi connectivity index (χ2n) is 5.38. The maximum atomic E-state index is 12.1. The molecule has 2 rings (SSSR count). The number of piperazine rings is 1. The molecule has 0 aromatic carbocycles. The number of carboxylic acid groups (broad SMARTS) is 1. The Hall–Kier alpha value is -1.79. The van der Waals surface area contributed by atoms with Crippen LogP contribution in [0.5, 0.6) is 0 Å². The van der Waals surface area contributed by atoms with Crippen molar-refractivity contribution in [2.24, 2.45) is 0 Å². The van der Waals surface area contributed by atoms with Crippen LogP contribution in [0, 0.1) is 0 Å². The molecule has 0 aromatic heterocycles. The van der Waals surface area contributed by atoms with Gasteiger partial charge in [0.05, 0.1) is 6.04 Å². The first-order chi connectivity index (χ1) is 9.58. The van der Waals surface area contributed by atoms with Crippen LogP contribution in [0.25, 0.3) is 0 Å². The predicted molar refractivity (Wildman–Crippen MR) is 71.2 cm³/mol. The number of aliphatic carboxylic acids is 1. The van der Waals surface area contributed by atoms with Gasteiger partial charge in [0.2, 0.25) is 5.91 Å². The molecule has 2 fully saturated rings. The van der Waals surface area contributed by atoms with Crippen LogP contribution in [-0.2, 0) is 9.59 Å². The number of urea groups is 1. The molecule has 0 unspecified atom stereocenters. The van der Waals surface area contributed by atoms with Gasteiger partial charge in [0.15, 0.2) is 0 Å². The Morgan fingerprint density at radius 3 is 2.85 bits per heavy atom. The first-order valence-corrected chi connectivity index (χ1v) is 7.13. The molecule has 0 bridgehead atoms. The minimum atomic E-state index is -0.871. The van der Waals surface area contributed by atoms with Gasteiger partial charge in [-0.05, 0) is 19.3 Å². The summed E-state index contributed by atoms with van der Waals surface area (Å²) >= 11 is 0. The maximum absolute atomic E-state index is 12.1. The molecule has 7 heteroatoms. The summed E-state index contributed by atoms with van der Waals surface area (Å²) in [6.45, 7) is 0.409. The minimum Gasteiger partial charge on any atom is -0.481 e. The van der Waals surface area contributed by atoms with Crippen molar-refractivity contribution >= 4 is 17.9 Å². The number of amides is 3. The van der Waals surface area contributed by atoms with Crippen molar-refractivity contribution in [2.75, 3.05) is 13.1 Å². The fraction of sp³-hybridized carbons (Fsp3) is 0.769. The highest BCUT2D eigenvalue weighted by molar-refractivity contribution is 5.86. The summed E-state index contributed by atoms with van der Waals surface area (Å²) in [7, 11) is 0. The van der Waals surface area contributed by atoms with Gasteiger partial charge in [0, 0.05) is 19.0 Å². The van der Waals surface area contributed by atoms with Gasteiger partial charge in [-0.15, -0.1) is 0 Å². The number of carboxylic acids is 1. The summed E-state index contributed by atoms with van der Waals surface area (Å²) < 4.78 is 0. The average molecular weight is 283 g/mol. The van der Waals surface area contributed by atoms with Crippen LogP contribution in [0.3, 0.4) is 0 Å². The van der Waals surface area contributed by atoms with Crippen molar-refractivity contribution in [3.63, 3.8) is 0 Å². The molecule has 0 radical (unpaired) electrons. The molecule has 2 atom stereocenters. The van der Waals surface area contributed by atoms with E-state index in [0.29, 0.717) is 13.0 Å². The maximum Gasteiger partial charge on any atom is 0.318 e. The number of hydrogen-bond donors (Lipinski definition) is 3. The van der Waals surface area contributed by atoms with Crippen molar-refractivity contribution in [1.29, 1.82) is 0 Å². The summed E-state index contributed by atoms with van der Waals surface area (Å²) in [4.78, 5) is 35.8. The van der Waals surface area contributed by atoms with Gasteiger partial charge in [-0.2, -0.15) is 0 Å². The smallest absolute Gasteiger partial charge is 0.318 e. The predicted octanol–water partition coefficient (Wildman–Crippen LogP) is 0.304. The van der Waals surface area contributed by atoms with E-state index in [-0.39, 0.29) is 37.0 Å². The van der Waals surface area contributed by atoms with E-state index in [2.05, 4.69) is 10.6 Å². The molecule has 1 aliphatic heterocycles. The van der Waals surface area contributed by atoms with Gasteiger partial charge in [-0.1, -0.05) is 12.8 Å². The summed E-state index contributed by atoms with van der Waals surface area (Å²) in [5.74, 6) is -0.988. The zero-order valence-electron chi connectivity index (χ0n) is 11.4. The number of carbonyl (C=O) groups excluding carboxylic acids is 2. The molecule has 1 saturated heterocycles. The fourth-order valence-corrected chi connectivity index (χ4v) is 2.94. The van der Waals surface area contributed by atoms with Crippen molar-refractivity contribution in [2.45, 2.75) is 50.6 Å². The first-order valence-electron chi connectivity index (χ1n) is 7.13. The second kappa shape index (κ2) is 6.58. The number of hydrogen-bond acceptors (Lipinski definition) is 3. The van der Waals surface area contributed by atoms with Crippen LogP contribution < -0.4 is 10.6 Å². The normalized spacial score (nSPS) is 25.6. The monoisotopic (exact) mass is 283 g/mol. The average Bonchev–Trinajstić information content (AvgIpc) is 2.42. The van der Waals surface area contributed by atoms with Crippen LogP contribution in [0.1, 0.15) is 38.5 Å². The number of nitrogens with one attached hydrogen (secondary N) is 2. The molecule has 0 spiro atoms. The van der Waals surface area contributed by atoms with E-state index in [1.54, 1.807) is 4.90 Å². The van der Waals surface area contributed by atoms with Crippen LogP contribution in [0.2, 0.25) is 0 Å². The lowest BCUT2D eigenvalue weighted by Gasteiger charge is -2.43. The van der Waals surface area contributed by atoms with Crippen LogP contribution >= 0.6 is 0 Å². The Kier molecular flexibility index (Phi) is 4.81. The van der Waals surface area contributed by atoms with Gasteiger partial charge in [-0.3, -0.25) is 9.59 Å². The molecular formula is C13H21N3O4. The second-order valence-corrected chi connectivity index (χ2v) is 5.38. The van der Waals surface area contributed by atoms with E-state index in [0.717, 1.165) is 25.7 Å². The van der Waals surface area contributed by atoms with Gasteiger partial charge in [0.25, 0.3) is 0 Å². The molecule has 7 nitrogen and oxygen atoms in total. The number of nitrogens with zero attached hydrogens (tertiary/aromatic N) is 1. The van der Waals surface area contributed by atoms with E-state index in [1.807, 2.05) is 0 Å². The molecule has 112 valence electrons. The highest BCUT2D eigenvalue weighted by atomic mass is 16.4. The third-order valence-corrected chi connectivity index (χ3v) is 3.89. The lowest BCUT2D eigenvalue weighted by molar-refractivity contribution is -0.137. The van der Waals surface area contributed by atoms with E-state index in [4.69, 9.17) is 5.11 Å². The standard InChI is InChI=1S/C13H21N3O4/c17-11-8-16(10-5-2-1-4-9(10)15-11)13(20)14-7-3-6-12(18)19/h9-10H,1-8H2,(H,14,20)(H,15,17)(H,18,19)/t9-,10+/m0/s1. The molecule has 2 aliphatic rings. The lowest BCUT2D eigenvalue weighted by atomic mass is 9.87. The fourth-order valence-electron chi connectivity index (χ4n) is 2.94. The topological polar surface area (TPSA) is 98.7 Å². The Morgan fingerprint density at radius 1 is 1.35 bits per heavy atom. The first kappa shape index (κ1) is 14.6. The van der Waals surface area contributed by atoms with Crippen molar-refractivity contribution in [3.05, 3.63) is 0 Å². The van der Waals surface area contributed by atoms with E-state index < -0.39 is 5.97 Å². The molecule has 3 amide bonds. The van der Waals surface area contributed by atoms with Gasteiger partial charge < -0.3 is 20.6 Å². The molecule has 1 saturated carbocycles. The Morgan fingerprint density at radius 2 is 2.10 bits per heavy atom. The number of fused-ring (bicyclic) bond motifs is 1. The Balaban J connectivity index is 1.86. The summed E-state index contributed by atoms with van der Waals surface area (Å²) in [6, 6.07) is -0.127. The van der Waals surface area contributed by atoms with Crippen LogP contribution in [0.4, 0.5) is 4.79 Å². The molecule has 1 aliphatic carbocycles. The molecular weight excluding hydrogens is 262 g/mol. The Labute approximate surface area is 117 Å². The lowest BCUT2D eigenvalue weighted by Crippen LogP contribution is -2.64. The van der Waals surface area contributed by atoms with Gasteiger partial charge in [0.1, 0.15) is 6.54 Å². The van der Waals surface area contributed by atoms with Crippen molar-refractivity contribution in [3.8, 4) is 0 Å². The van der Waals surface area contributed by atoms with Crippen LogP contribution in [-0.4, -0.2) is 53.1 Å². The molecule has 1 heterocycles. The van der Waals surface area contributed by atoms with Crippen molar-refractivity contribution in [1.82, 2.24) is 15.5 Å². The van der Waals surface area contributed by atoms with E-state index in [9.17, 15) is 14.4 Å². The number of carbonyl (C=O) groups is 3. The SMILES string of the molecule is O=C(O)CCCNC(=O)N1CC(=O)N[C@H]2CCCC[C@H]21. The molecule has 0 aromatic rings. The zero-order chi connectivity index (χ0) is 14.5. The highest BCUT2D eigenvalue weighted by Crippen LogP contribution is 2.25. The molecule has 3 N–H and O–H groups in total. The van der Waals surface area contributed by atoms with Crippen LogP contribution in [0.15, 0.2) is 0 Å². The third-order valence-electron chi connectivity index (χ3n) is 3.89. The quantitative estimate of drug-likeness (QED) is 0.646. The minimum absolute atomic E-state index is 0.0345. The van der Waals surface area contributed by atoms with E-state index >= 15 is 0 Å². The van der Waals surface area contributed by atoms with Gasteiger partial charge in [-0.25, -0.2) is 4.79 Å².